The average Bonchev–Trinajstić information content (AvgIpc) is 0.776. The molecule has 0 aliphatic carbocycles. The highest BCUT2D eigenvalue weighted by Gasteiger charge is 2.17. The summed E-state index contributed by atoms with van der Waals surface area (Å²) in [5.74, 6) is 4.10. The number of aromatic nitrogens is 13. The molecule has 0 saturated heterocycles. The zero-order chi connectivity index (χ0) is 85.8. The van der Waals surface area contributed by atoms with Crippen LogP contribution >= 0.6 is 23.2 Å². The first-order valence-corrected chi connectivity index (χ1v) is 36.1. The summed E-state index contributed by atoms with van der Waals surface area (Å²) in [5.41, 5.74) is 15.3. The molecule has 116 heavy (non-hydrogen) atoms. The normalized spacial score (nSPS) is 10.2. The smallest absolute Gasteiger partial charge is 0.339 e. The number of nitrogen functional groups attached to an aromatic ring is 1. The number of aromatic amines is 1. The van der Waals surface area contributed by atoms with Gasteiger partial charge in [-0.15, -0.1) is 11.6 Å². The molecule has 0 aliphatic rings. The highest BCUT2D eigenvalue weighted by atomic mass is 35.5. The predicted octanol–water partition coefficient (Wildman–Crippen LogP) is 11.5. The van der Waals surface area contributed by atoms with E-state index in [9.17, 15) is 48.8 Å². The van der Waals surface area contributed by atoms with Crippen molar-refractivity contribution in [3.8, 4) is 29.1 Å². The minimum Gasteiger partial charge on any atom is -0.618 e. The zero-order valence-corrected chi connectivity index (χ0v) is 68.5. The van der Waals surface area contributed by atoms with Crippen molar-refractivity contribution in [3.05, 3.63) is 284 Å². The van der Waals surface area contributed by atoms with Gasteiger partial charge in [-0.3, -0.25) is 62.2 Å². The van der Waals surface area contributed by atoms with Gasteiger partial charge in [0, 0.05) is 93.9 Å². The number of hydrogen-bond acceptors (Lipinski definition) is 24. The number of nitriles is 1. The minimum absolute atomic E-state index is 0.0515. The molecule has 9 aromatic heterocycles. The molecule has 1 amide bonds. The first kappa shape index (κ1) is 91.0. The molecule has 0 radical (unpaired) electrons. The van der Waals surface area contributed by atoms with Crippen LogP contribution < -0.4 is 51.6 Å². The molecule has 604 valence electrons. The van der Waals surface area contributed by atoms with E-state index >= 15 is 0 Å². The van der Waals surface area contributed by atoms with Gasteiger partial charge in [0.05, 0.1) is 80.9 Å². The maximum Gasteiger partial charge on any atom is 0.339 e. The number of nitrogens with two attached hydrogens (primary N) is 1. The molecule has 13 rings (SSSR count). The lowest BCUT2D eigenvalue weighted by molar-refractivity contribution is -0.610. The molecule has 9 heterocycles. The first-order chi connectivity index (χ1) is 55.0. The number of nitrogens with one attached hydrogen (secondary N) is 1. The molecule has 0 fully saturated rings. The van der Waals surface area contributed by atoms with Gasteiger partial charge in [-0.1, -0.05) is 48.5 Å². The topological polar surface area (TPSA) is 417 Å². The number of aryl methyl sites for hydroxylation is 9. The molecule has 0 atom stereocenters. The molecule has 4 N–H and O–H groups in total. The van der Waals surface area contributed by atoms with Crippen molar-refractivity contribution in [2.75, 3.05) is 48.3 Å². The van der Waals surface area contributed by atoms with Crippen LogP contribution in [-0.2, 0) is 39.8 Å². The van der Waals surface area contributed by atoms with Gasteiger partial charge in [0.2, 0.25) is 0 Å². The number of pyridine rings is 5. The Morgan fingerprint density at radius 2 is 0.905 bits per heavy atom. The quantitative estimate of drug-likeness (QED) is 0.0194. The maximum absolute atomic E-state index is 12.9. The van der Waals surface area contributed by atoms with Crippen molar-refractivity contribution in [3.63, 3.8) is 0 Å². The number of carbonyl (C=O) groups is 4. The number of hydrogen-bond donors (Lipinski definition) is 3. The number of anilines is 1. The highest BCUT2D eigenvalue weighted by molar-refractivity contribution is 6.62. The van der Waals surface area contributed by atoms with E-state index in [0.29, 0.717) is 109 Å². The lowest BCUT2D eigenvalue weighted by Crippen LogP contribution is -2.32. The van der Waals surface area contributed by atoms with E-state index in [-0.39, 0.29) is 44.6 Å². The molecule has 0 saturated carbocycles. The number of H-pyrrole nitrogens is 1. The van der Waals surface area contributed by atoms with Crippen molar-refractivity contribution in [2.45, 2.75) is 102 Å². The van der Waals surface area contributed by atoms with Crippen molar-refractivity contribution >= 4 is 95.8 Å². The summed E-state index contributed by atoms with van der Waals surface area (Å²) in [6.07, 6.45) is 5.71. The van der Waals surface area contributed by atoms with Crippen LogP contribution in [0.3, 0.4) is 0 Å². The zero-order valence-electron chi connectivity index (χ0n) is 67.0. The second kappa shape index (κ2) is 43.2. The van der Waals surface area contributed by atoms with E-state index in [1.54, 1.807) is 128 Å². The van der Waals surface area contributed by atoms with Crippen molar-refractivity contribution < 1.29 is 52.7 Å². The molecule has 31 nitrogen and oxygen atoms in total. The standard InChI is InChI=1S/C18H16N4O2.C17H17N3O3.C17H17N3O2.C9H9N3O.C8H9ClO.C7H8N2O2.C4H6O3.C3H6ClNO/c1-11-8-15-17(16(9-19)20-11)18(23)22(12(2)21-15)10-13-4-6-14(24-3)7-5-13;1-11-8-16-15(10-20(11)22)17(21)19(12(2)18-16)9-13-4-6-14(23-3)7-5-13;1-11-8-16-15(9-18-11)17(21)20(12(2)19-16)10-13-4-6-14(22-3)7-5-13;1-5-3-8-7(4-10-5)9(13)12-6(2)11-8;1-10-8-4-2-7(6-9)3-5-8;1-4-2-6(8)5(3-9-4)7(10)11;1-3(5)7-4(2)6;1-5(2)3(4)6/h4-8H,10H2,1-3H3;4-8,10H,9H2,1-3H3;4-9H,10H2,1-3H3;3-4H,1-2H3,(H,11,12,13);2-5H,6H2,1H3;2-3H,1H3,(H2,8,9)(H,10,11);1-2H3;1-2H3. The second-order valence-corrected chi connectivity index (χ2v) is 26.2. The number of ether oxygens (including phenoxy) is 5. The molecule has 33 heteroatoms. The number of benzene rings is 4. The van der Waals surface area contributed by atoms with Crippen LogP contribution in [0.1, 0.15) is 104 Å². The second-order valence-electron chi connectivity index (χ2n) is 25.6. The number of aromatic carboxylic acids is 1. The fourth-order valence-corrected chi connectivity index (χ4v) is 10.7. The third-order valence-electron chi connectivity index (χ3n) is 16.5. The Labute approximate surface area is 676 Å². The minimum atomic E-state index is -1.05. The van der Waals surface area contributed by atoms with Crippen LogP contribution in [0.4, 0.5) is 10.5 Å². The first-order valence-electron chi connectivity index (χ1n) is 35.2. The summed E-state index contributed by atoms with van der Waals surface area (Å²) in [6, 6.07) is 40.9. The van der Waals surface area contributed by atoms with Crippen LogP contribution in [0.5, 0.6) is 23.0 Å². The summed E-state index contributed by atoms with van der Waals surface area (Å²) < 4.78 is 29.8. The number of alkyl halides is 1. The number of nitrogens with zero attached hydrogens (tertiary/aromatic N) is 14. The monoisotopic (exact) mass is 1620 g/mol. The number of rotatable bonds is 12. The summed E-state index contributed by atoms with van der Waals surface area (Å²) in [5, 5.41) is 30.8. The number of halogens is 2. The van der Waals surface area contributed by atoms with Crippen LogP contribution in [-0.4, -0.2) is 134 Å². The molecule has 0 bridgehead atoms. The molecule has 0 aliphatic heterocycles. The van der Waals surface area contributed by atoms with Gasteiger partial charge in [-0.05, 0) is 162 Å². The Morgan fingerprint density at radius 1 is 0.534 bits per heavy atom. The van der Waals surface area contributed by atoms with Crippen molar-refractivity contribution in [1.82, 2.24) is 63.5 Å². The summed E-state index contributed by atoms with van der Waals surface area (Å²) >= 11 is 10.5. The summed E-state index contributed by atoms with van der Waals surface area (Å²) in [4.78, 5) is 127. The van der Waals surface area contributed by atoms with Gasteiger partial charge in [0.15, 0.2) is 17.6 Å². The molecule has 0 unspecified atom stereocenters. The molecular formula is C83H88Cl2N16O15. The Hall–Kier alpha value is -13.9. The van der Waals surface area contributed by atoms with E-state index in [0.717, 1.165) is 56.6 Å². The third kappa shape index (κ3) is 26.4. The lowest BCUT2D eigenvalue weighted by Gasteiger charge is -2.12. The van der Waals surface area contributed by atoms with Gasteiger partial charge < -0.3 is 49.6 Å². The number of esters is 2. The largest absolute Gasteiger partial charge is 0.618 e. The van der Waals surface area contributed by atoms with Gasteiger partial charge in [-0.25, -0.2) is 29.7 Å². The Kier molecular flexibility index (Phi) is 33.9. The number of fused-ring (bicyclic) bond motifs is 4. The van der Waals surface area contributed by atoms with Crippen molar-refractivity contribution in [1.29, 1.82) is 5.26 Å². The van der Waals surface area contributed by atoms with Gasteiger partial charge in [-0.2, -0.15) is 9.99 Å². The number of amides is 1. The van der Waals surface area contributed by atoms with Gasteiger partial charge in [0.25, 0.3) is 22.2 Å². The number of carboxylic acids is 1. The van der Waals surface area contributed by atoms with Gasteiger partial charge >= 0.3 is 23.3 Å². The van der Waals surface area contributed by atoms with E-state index < -0.39 is 23.3 Å². The lowest BCUT2D eigenvalue weighted by atomic mass is 10.2. The molecular weight excluding hydrogens is 1530 g/mol. The molecule has 4 aromatic carbocycles. The van der Waals surface area contributed by atoms with Crippen LogP contribution in [0.25, 0.3) is 43.6 Å². The Balaban J connectivity index is 0.000000215. The van der Waals surface area contributed by atoms with Gasteiger partial charge in [0.1, 0.15) is 68.7 Å². The number of carboxylic acid groups (broad SMARTS) is 1. The highest BCUT2D eigenvalue weighted by Crippen LogP contribution is 2.20. The summed E-state index contributed by atoms with van der Waals surface area (Å²) in [7, 11) is 9.68. The van der Waals surface area contributed by atoms with E-state index in [1.165, 1.54) is 37.2 Å². The number of methoxy groups -OCH3 is 4. The fourth-order valence-electron chi connectivity index (χ4n) is 10.5. The number of carbonyl (C=O) groups excluding carboxylic acids is 3. The maximum atomic E-state index is 12.9. The SMILES string of the molecule is CC(=O)OC(C)=O.CN(C)C(=O)Cl.COc1ccc(CCl)cc1.COc1ccc(Cn2c(C)nc3cc(C)[n+]([O-])cc3c2=O)cc1.COc1ccc(Cn2c(C)nc3cc(C)nc(C#N)c3c2=O)cc1.COc1ccc(Cn2c(C)nc3cc(C)ncc3c2=O)cc1.Cc1cc(N)c(C(=O)O)cn1.Cc1cc2nc(C)[nH]c(=O)c2cn1. The van der Waals surface area contributed by atoms with Crippen molar-refractivity contribution in [2.24, 2.45) is 0 Å². The van der Waals surface area contributed by atoms with Crippen LogP contribution in [0, 0.1) is 78.9 Å². The average molecular weight is 1620 g/mol. The summed E-state index contributed by atoms with van der Waals surface area (Å²) in [6.45, 7) is 19.8. The predicted molar refractivity (Wildman–Crippen MR) is 442 cm³/mol. The van der Waals surface area contributed by atoms with Crippen LogP contribution in [0.2, 0.25) is 0 Å². The molecule has 0 spiro atoms. The third-order valence-corrected chi connectivity index (χ3v) is 17.1. The Morgan fingerprint density at radius 3 is 1.29 bits per heavy atom. The van der Waals surface area contributed by atoms with E-state index in [1.807, 2.05) is 130 Å². The fraction of sp³-hybridized carbons (Fsp3) is 0.253. The molecule has 13 aromatic rings. The Bertz CT molecular complexity index is 5920. The van der Waals surface area contributed by atoms with E-state index in [2.05, 4.69) is 49.6 Å². The van der Waals surface area contributed by atoms with Crippen LogP contribution in [0.15, 0.2) is 171 Å². The van der Waals surface area contributed by atoms with E-state index in [4.69, 9.17) is 53.0 Å².